The van der Waals surface area contributed by atoms with E-state index in [1.54, 1.807) is 13.0 Å². The molecule has 3 heteroatoms. The first kappa shape index (κ1) is 14.5. The molecule has 0 saturated carbocycles. The second kappa shape index (κ2) is 6.14. The van der Waals surface area contributed by atoms with Crippen LogP contribution in [0.4, 0.5) is 0 Å². The Balaban J connectivity index is 1.98. The van der Waals surface area contributed by atoms with Gasteiger partial charge in [0.15, 0.2) is 5.78 Å². The fraction of sp³-hybridized carbons (Fsp3) is 0.263. The van der Waals surface area contributed by atoms with Gasteiger partial charge in [-0.2, -0.15) is 0 Å². The Labute approximate surface area is 129 Å². The minimum absolute atomic E-state index is 0.213. The molecular weight excluding hydrogens is 276 g/mol. The average molecular weight is 294 g/mol. The van der Waals surface area contributed by atoms with E-state index in [9.17, 15) is 9.59 Å². The standard InChI is InChI=1S/C19H18O3/c1-2-22-19(21)16-7-3-6-14(11-16)15-10-9-13-5-4-8-18(20)17(13)12-15/h3,6-7,9-12H,2,4-5,8H2,1H3. The lowest BCUT2D eigenvalue weighted by atomic mass is 9.88. The van der Waals surface area contributed by atoms with Crippen molar-refractivity contribution in [3.63, 3.8) is 0 Å². The number of Topliss-reactive ketones (excluding diaryl/α,β-unsaturated/α-hetero) is 1. The van der Waals surface area contributed by atoms with Crippen LogP contribution in [0.25, 0.3) is 11.1 Å². The number of fused-ring (bicyclic) bond motifs is 1. The highest BCUT2D eigenvalue weighted by Gasteiger charge is 2.17. The van der Waals surface area contributed by atoms with Crippen molar-refractivity contribution in [3.8, 4) is 11.1 Å². The summed E-state index contributed by atoms with van der Waals surface area (Å²) in [5, 5.41) is 0. The summed E-state index contributed by atoms with van der Waals surface area (Å²) in [6.07, 6.45) is 2.52. The molecule has 0 bridgehead atoms. The van der Waals surface area contributed by atoms with E-state index in [-0.39, 0.29) is 11.8 Å². The molecule has 0 saturated heterocycles. The zero-order valence-electron chi connectivity index (χ0n) is 12.6. The van der Waals surface area contributed by atoms with Crippen LogP contribution in [0.15, 0.2) is 42.5 Å². The highest BCUT2D eigenvalue weighted by Crippen LogP contribution is 2.28. The Morgan fingerprint density at radius 3 is 2.73 bits per heavy atom. The third-order valence-corrected chi connectivity index (χ3v) is 3.97. The Morgan fingerprint density at radius 2 is 1.91 bits per heavy atom. The molecule has 2 aromatic carbocycles. The third kappa shape index (κ3) is 2.80. The predicted molar refractivity (Wildman–Crippen MR) is 85.1 cm³/mol. The van der Waals surface area contributed by atoms with Crippen molar-refractivity contribution in [1.82, 2.24) is 0 Å². The summed E-state index contributed by atoms with van der Waals surface area (Å²) in [5.41, 5.74) is 4.36. The molecule has 0 N–H and O–H groups in total. The molecule has 0 fully saturated rings. The molecule has 1 aliphatic carbocycles. The van der Waals surface area contributed by atoms with Gasteiger partial charge in [-0.15, -0.1) is 0 Å². The van der Waals surface area contributed by atoms with E-state index in [0.29, 0.717) is 18.6 Å². The Hall–Kier alpha value is -2.42. The highest BCUT2D eigenvalue weighted by atomic mass is 16.5. The molecule has 22 heavy (non-hydrogen) atoms. The van der Waals surface area contributed by atoms with Gasteiger partial charge in [0, 0.05) is 12.0 Å². The number of aryl methyl sites for hydroxylation is 1. The Bertz CT molecular complexity index is 731. The van der Waals surface area contributed by atoms with Gasteiger partial charge in [0.1, 0.15) is 0 Å². The van der Waals surface area contributed by atoms with Crippen LogP contribution in [-0.2, 0) is 11.2 Å². The number of esters is 1. The number of hydrogen-bond acceptors (Lipinski definition) is 3. The first-order valence-electron chi connectivity index (χ1n) is 7.62. The van der Waals surface area contributed by atoms with Gasteiger partial charge < -0.3 is 4.74 Å². The monoisotopic (exact) mass is 294 g/mol. The zero-order chi connectivity index (χ0) is 15.5. The van der Waals surface area contributed by atoms with E-state index < -0.39 is 0 Å². The van der Waals surface area contributed by atoms with Gasteiger partial charge >= 0.3 is 5.97 Å². The van der Waals surface area contributed by atoms with Crippen molar-refractivity contribution in [3.05, 3.63) is 59.2 Å². The molecule has 0 atom stereocenters. The van der Waals surface area contributed by atoms with Crippen LogP contribution in [0.3, 0.4) is 0 Å². The van der Waals surface area contributed by atoms with Crippen molar-refractivity contribution in [1.29, 1.82) is 0 Å². The maximum absolute atomic E-state index is 12.1. The first-order chi connectivity index (χ1) is 10.7. The molecule has 0 aliphatic heterocycles. The topological polar surface area (TPSA) is 43.4 Å². The molecule has 3 rings (SSSR count). The Kier molecular flexibility index (Phi) is 4.05. The van der Waals surface area contributed by atoms with Gasteiger partial charge in [-0.3, -0.25) is 4.79 Å². The number of benzene rings is 2. The smallest absolute Gasteiger partial charge is 0.338 e. The van der Waals surface area contributed by atoms with E-state index in [4.69, 9.17) is 4.74 Å². The number of carbonyl (C=O) groups is 2. The van der Waals surface area contributed by atoms with Crippen LogP contribution in [0, 0.1) is 0 Å². The summed E-state index contributed by atoms with van der Waals surface area (Å²) in [4.78, 5) is 23.9. The second-order valence-electron chi connectivity index (χ2n) is 5.45. The number of ether oxygens (including phenoxy) is 1. The Morgan fingerprint density at radius 1 is 1.09 bits per heavy atom. The summed E-state index contributed by atoms with van der Waals surface area (Å²) in [6.45, 7) is 2.15. The molecule has 0 spiro atoms. The van der Waals surface area contributed by atoms with Gasteiger partial charge in [0.05, 0.1) is 12.2 Å². The fourth-order valence-electron chi connectivity index (χ4n) is 2.85. The van der Waals surface area contributed by atoms with Crippen LogP contribution in [0.2, 0.25) is 0 Å². The van der Waals surface area contributed by atoms with E-state index >= 15 is 0 Å². The van der Waals surface area contributed by atoms with E-state index in [2.05, 4.69) is 0 Å². The third-order valence-electron chi connectivity index (χ3n) is 3.97. The lowest BCUT2D eigenvalue weighted by molar-refractivity contribution is 0.0526. The largest absolute Gasteiger partial charge is 0.462 e. The number of rotatable bonds is 3. The fourth-order valence-corrected chi connectivity index (χ4v) is 2.85. The quantitative estimate of drug-likeness (QED) is 0.802. The number of hydrogen-bond donors (Lipinski definition) is 0. The summed E-state index contributed by atoms with van der Waals surface area (Å²) >= 11 is 0. The van der Waals surface area contributed by atoms with Crippen molar-refractivity contribution >= 4 is 11.8 Å². The number of carbonyl (C=O) groups excluding carboxylic acids is 2. The maximum atomic E-state index is 12.1. The van der Waals surface area contributed by atoms with E-state index in [1.165, 1.54) is 0 Å². The molecule has 1 aliphatic rings. The summed E-state index contributed by atoms with van der Waals surface area (Å²) in [7, 11) is 0. The first-order valence-corrected chi connectivity index (χ1v) is 7.62. The van der Waals surface area contributed by atoms with E-state index in [1.807, 2.05) is 36.4 Å². The van der Waals surface area contributed by atoms with Gasteiger partial charge in [-0.05, 0) is 54.7 Å². The average Bonchev–Trinajstić information content (AvgIpc) is 2.55. The number of ketones is 1. The van der Waals surface area contributed by atoms with Crippen LogP contribution in [-0.4, -0.2) is 18.4 Å². The molecule has 0 unspecified atom stereocenters. The van der Waals surface area contributed by atoms with Crippen LogP contribution < -0.4 is 0 Å². The molecule has 112 valence electrons. The van der Waals surface area contributed by atoms with Crippen LogP contribution >= 0.6 is 0 Å². The molecule has 0 radical (unpaired) electrons. The lowest BCUT2D eigenvalue weighted by Gasteiger charge is -2.16. The summed E-state index contributed by atoms with van der Waals surface area (Å²) in [5.74, 6) is -0.108. The van der Waals surface area contributed by atoms with Crippen LogP contribution in [0.5, 0.6) is 0 Å². The zero-order valence-corrected chi connectivity index (χ0v) is 12.6. The molecule has 0 amide bonds. The summed E-state index contributed by atoms with van der Waals surface area (Å²) < 4.78 is 5.03. The minimum atomic E-state index is -0.321. The lowest BCUT2D eigenvalue weighted by Crippen LogP contribution is -2.10. The van der Waals surface area contributed by atoms with Crippen molar-refractivity contribution in [2.45, 2.75) is 26.2 Å². The van der Waals surface area contributed by atoms with Crippen LogP contribution in [0.1, 0.15) is 46.0 Å². The van der Waals surface area contributed by atoms with Gasteiger partial charge in [0.2, 0.25) is 0 Å². The van der Waals surface area contributed by atoms with Crippen molar-refractivity contribution < 1.29 is 14.3 Å². The molecule has 0 heterocycles. The normalized spacial score (nSPS) is 13.6. The second-order valence-corrected chi connectivity index (χ2v) is 5.45. The van der Waals surface area contributed by atoms with Crippen molar-refractivity contribution in [2.75, 3.05) is 6.61 Å². The minimum Gasteiger partial charge on any atom is -0.462 e. The molecule has 2 aromatic rings. The van der Waals surface area contributed by atoms with Gasteiger partial charge in [-0.25, -0.2) is 4.79 Å². The van der Waals surface area contributed by atoms with Gasteiger partial charge in [0.25, 0.3) is 0 Å². The maximum Gasteiger partial charge on any atom is 0.338 e. The molecule has 3 nitrogen and oxygen atoms in total. The SMILES string of the molecule is CCOC(=O)c1cccc(-c2ccc3c(c2)C(=O)CCC3)c1. The van der Waals surface area contributed by atoms with Gasteiger partial charge in [-0.1, -0.05) is 24.3 Å². The molecular formula is C19H18O3. The predicted octanol–water partition coefficient (Wildman–Crippen LogP) is 4.05. The summed E-state index contributed by atoms with van der Waals surface area (Å²) in [6, 6.07) is 13.3. The van der Waals surface area contributed by atoms with Crippen molar-refractivity contribution in [2.24, 2.45) is 0 Å². The highest BCUT2D eigenvalue weighted by molar-refractivity contribution is 5.99. The van der Waals surface area contributed by atoms with E-state index in [0.717, 1.165) is 35.1 Å². The molecule has 0 aromatic heterocycles.